The third-order valence-electron chi connectivity index (χ3n) is 4.23. The fraction of sp³-hybridized carbons (Fsp3) is 0.368. The second kappa shape index (κ2) is 8.57. The van der Waals surface area contributed by atoms with E-state index in [-0.39, 0.29) is 29.3 Å². The van der Waals surface area contributed by atoms with Crippen LogP contribution in [0.2, 0.25) is 0 Å². The van der Waals surface area contributed by atoms with Crippen LogP contribution in [0.3, 0.4) is 0 Å². The molecule has 0 saturated heterocycles. The third-order valence-corrected chi connectivity index (χ3v) is 4.23. The summed E-state index contributed by atoms with van der Waals surface area (Å²) in [6.07, 6.45) is 1.51. The van der Waals surface area contributed by atoms with Gasteiger partial charge in [0.05, 0.1) is 4.92 Å². The Labute approximate surface area is 142 Å². The minimum atomic E-state index is -0.341. The van der Waals surface area contributed by atoms with Crippen molar-refractivity contribution in [1.82, 2.24) is 5.32 Å². The number of hydrogen-bond donors (Lipinski definition) is 2. The van der Waals surface area contributed by atoms with E-state index in [1.807, 2.05) is 31.2 Å². The zero-order valence-electron chi connectivity index (χ0n) is 14.1. The Morgan fingerprint density at radius 3 is 2.50 bits per heavy atom. The number of benzene rings is 2. The van der Waals surface area contributed by atoms with E-state index in [0.29, 0.717) is 12.0 Å². The number of aliphatic hydroxyl groups is 1. The van der Waals surface area contributed by atoms with Crippen molar-refractivity contribution in [2.24, 2.45) is 0 Å². The maximum absolute atomic E-state index is 11.1. The van der Waals surface area contributed by atoms with Gasteiger partial charge in [0, 0.05) is 30.3 Å². The van der Waals surface area contributed by atoms with E-state index in [1.165, 1.54) is 0 Å². The molecule has 24 heavy (non-hydrogen) atoms. The van der Waals surface area contributed by atoms with Gasteiger partial charge in [-0.15, -0.1) is 0 Å². The van der Waals surface area contributed by atoms with Crippen LogP contribution in [0, 0.1) is 17.0 Å². The van der Waals surface area contributed by atoms with E-state index in [4.69, 9.17) is 5.11 Å². The summed E-state index contributed by atoms with van der Waals surface area (Å²) in [4.78, 5) is 10.8. The molecule has 0 aromatic heterocycles. The Balaban J connectivity index is 2.19. The average Bonchev–Trinajstić information content (AvgIpc) is 2.59. The molecule has 0 bridgehead atoms. The summed E-state index contributed by atoms with van der Waals surface area (Å²) in [6.45, 7) is 3.90. The van der Waals surface area contributed by atoms with Gasteiger partial charge >= 0.3 is 0 Å². The van der Waals surface area contributed by atoms with Crippen LogP contribution in [-0.2, 0) is 0 Å². The van der Waals surface area contributed by atoms with Crippen LogP contribution >= 0.6 is 0 Å². The number of nitro benzene ring substituents is 1. The molecule has 5 heteroatoms. The maximum Gasteiger partial charge on any atom is 0.272 e. The molecule has 2 aromatic carbocycles. The second-order valence-corrected chi connectivity index (χ2v) is 6.02. The smallest absolute Gasteiger partial charge is 0.272 e. The highest BCUT2D eigenvalue weighted by atomic mass is 16.6. The lowest BCUT2D eigenvalue weighted by Gasteiger charge is -2.24. The fourth-order valence-electron chi connectivity index (χ4n) is 2.82. The molecule has 5 nitrogen and oxygen atoms in total. The van der Waals surface area contributed by atoms with Crippen molar-refractivity contribution in [3.05, 3.63) is 75.3 Å². The molecule has 0 aliphatic rings. The van der Waals surface area contributed by atoms with E-state index >= 15 is 0 Å². The highest BCUT2D eigenvalue weighted by molar-refractivity contribution is 5.43. The highest BCUT2D eigenvalue weighted by Crippen LogP contribution is 2.27. The molecule has 0 spiro atoms. The standard InChI is InChI=1S/C19H24N2O3/c1-14-10-11-17(13-19(14)21(23)24)15(2)20-18(9-6-12-22)16-7-4-3-5-8-16/h3-5,7-8,10-11,13,15,18,20,22H,6,9,12H2,1-2H3. The van der Waals surface area contributed by atoms with Crippen LogP contribution in [0.25, 0.3) is 0 Å². The van der Waals surface area contributed by atoms with Crippen LogP contribution in [-0.4, -0.2) is 16.6 Å². The van der Waals surface area contributed by atoms with Crippen molar-refractivity contribution in [1.29, 1.82) is 0 Å². The van der Waals surface area contributed by atoms with Gasteiger partial charge in [-0.2, -0.15) is 0 Å². The summed E-state index contributed by atoms with van der Waals surface area (Å²) < 4.78 is 0. The molecule has 0 aliphatic carbocycles. The summed E-state index contributed by atoms with van der Waals surface area (Å²) in [5.74, 6) is 0. The molecule has 2 rings (SSSR count). The summed E-state index contributed by atoms with van der Waals surface area (Å²) >= 11 is 0. The topological polar surface area (TPSA) is 75.4 Å². The van der Waals surface area contributed by atoms with E-state index in [1.54, 1.807) is 19.1 Å². The summed E-state index contributed by atoms with van der Waals surface area (Å²) in [6, 6.07) is 15.5. The molecule has 0 heterocycles. The SMILES string of the molecule is Cc1ccc(C(C)NC(CCCO)c2ccccc2)cc1[N+](=O)[O-]. The van der Waals surface area contributed by atoms with Crippen molar-refractivity contribution in [2.45, 2.75) is 38.8 Å². The lowest BCUT2D eigenvalue weighted by molar-refractivity contribution is -0.385. The summed E-state index contributed by atoms with van der Waals surface area (Å²) in [5, 5.41) is 23.8. The monoisotopic (exact) mass is 328 g/mol. The molecule has 0 saturated carbocycles. The molecule has 2 N–H and O–H groups in total. The number of nitrogens with zero attached hydrogens (tertiary/aromatic N) is 1. The first kappa shape index (κ1) is 18.1. The Morgan fingerprint density at radius 2 is 1.88 bits per heavy atom. The molecule has 0 amide bonds. The van der Waals surface area contributed by atoms with Gasteiger partial charge in [-0.25, -0.2) is 0 Å². The summed E-state index contributed by atoms with van der Waals surface area (Å²) in [7, 11) is 0. The number of nitrogens with one attached hydrogen (secondary N) is 1. The van der Waals surface area contributed by atoms with Crippen LogP contribution in [0.1, 0.15) is 48.5 Å². The van der Waals surface area contributed by atoms with Crippen LogP contribution in [0.4, 0.5) is 5.69 Å². The molecular formula is C19H24N2O3. The summed E-state index contributed by atoms with van der Waals surface area (Å²) in [5.41, 5.74) is 2.85. The number of nitro groups is 1. The van der Waals surface area contributed by atoms with E-state index in [0.717, 1.165) is 17.5 Å². The van der Waals surface area contributed by atoms with Crippen LogP contribution < -0.4 is 5.32 Å². The first-order valence-corrected chi connectivity index (χ1v) is 8.19. The van der Waals surface area contributed by atoms with Crippen molar-refractivity contribution in [2.75, 3.05) is 6.61 Å². The van der Waals surface area contributed by atoms with Crippen molar-refractivity contribution in [3.63, 3.8) is 0 Å². The van der Waals surface area contributed by atoms with Crippen LogP contribution in [0.15, 0.2) is 48.5 Å². The molecule has 128 valence electrons. The molecule has 0 fully saturated rings. The van der Waals surface area contributed by atoms with Gasteiger partial charge < -0.3 is 10.4 Å². The lowest BCUT2D eigenvalue weighted by atomic mass is 9.98. The molecule has 0 radical (unpaired) electrons. The number of aryl methyl sites for hydroxylation is 1. The third kappa shape index (κ3) is 4.63. The van der Waals surface area contributed by atoms with E-state index in [9.17, 15) is 10.1 Å². The lowest BCUT2D eigenvalue weighted by Crippen LogP contribution is -2.25. The largest absolute Gasteiger partial charge is 0.396 e. The first-order valence-electron chi connectivity index (χ1n) is 8.19. The number of hydrogen-bond acceptors (Lipinski definition) is 4. The van der Waals surface area contributed by atoms with Gasteiger partial charge in [-0.3, -0.25) is 10.1 Å². The quantitative estimate of drug-likeness (QED) is 0.566. The Morgan fingerprint density at radius 1 is 1.17 bits per heavy atom. The predicted octanol–water partition coefficient (Wildman–Crippen LogP) is 4.07. The van der Waals surface area contributed by atoms with Gasteiger partial charge in [0.15, 0.2) is 0 Å². The van der Waals surface area contributed by atoms with Gasteiger partial charge in [-0.1, -0.05) is 42.5 Å². The van der Waals surface area contributed by atoms with Crippen molar-refractivity contribution >= 4 is 5.69 Å². The molecule has 2 unspecified atom stereocenters. The molecular weight excluding hydrogens is 304 g/mol. The predicted molar refractivity (Wildman–Crippen MR) is 94.9 cm³/mol. The minimum absolute atomic E-state index is 0.0341. The fourth-order valence-corrected chi connectivity index (χ4v) is 2.82. The Kier molecular flexibility index (Phi) is 6.46. The number of aliphatic hydroxyl groups excluding tert-OH is 1. The maximum atomic E-state index is 11.1. The van der Waals surface area contributed by atoms with Crippen LogP contribution in [0.5, 0.6) is 0 Å². The van der Waals surface area contributed by atoms with Gasteiger partial charge in [-0.05, 0) is 37.8 Å². The first-order chi connectivity index (χ1) is 11.5. The second-order valence-electron chi connectivity index (χ2n) is 6.02. The molecule has 2 aromatic rings. The average molecular weight is 328 g/mol. The highest BCUT2D eigenvalue weighted by Gasteiger charge is 2.18. The van der Waals surface area contributed by atoms with Gasteiger partial charge in [0.2, 0.25) is 0 Å². The Hall–Kier alpha value is -2.24. The normalized spacial score (nSPS) is 13.5. The Bertz CT molecular complexity index is 674. The number of rotatable bonds is 8. The minimum Gasteiger partial charge on any atom is -0.396 e. The van der Waals surface area contributed by atoms with E-state index in [2.05, 4.69) is 17.4 Å². The van der Waals surface area contributed by atoms with Gasteiger partial charge in [0.1, 0.15) is 0 Å². The zero-order valence-corrected chi connectivity index (χ0v) is 14.1. The molecule has 0 aliphatic heterocycles. The van der Waals surface area contributed by atoms with E-state index < -0.39 is 0 Å². The molecule has 2 atom stereocenters. The van der Waals surface area contributed by atoms with Gasteiger partial charge in [0.25, 0.3) is 5.69 Å². The van der Waals surface area contributed by atoms with Crippen molar-refractivity contribution in [3.8, 4) is 0 Å². The van der Waals surface area contributed by atoms with Crippen molar-refractivity contribution < 1.29 is 10.0 Å². The zero-order chi connectivity index (χ0) is 17.5.